The molecule has 0 spiro atoms. The summed E-state index contributed by atoms with van der Waals surface area (Å²) in [7, 11) is 0. The van der Waals surface area contributed by atoms with Gasteiger partial charge in [0.25, 0.3) is 0 Å². The maximum atomic E-state index is 12.3. The minimum absolute atomic E-state index is 0.0400. The monoisotopic (exact) mass is 418 g/mol. The van der Waals surface area contributed by atoms with Gasteiger partial charge in [-0.15, -0.1) is 22.7 Å². The Morgan fingerprint density at radius 2 is 1.81 bits per heavy atom. The molecular formula is C19H15ClN2O3S2. The number of carbonyl (C=O) groups is 3. The van der Waals surface area contributed by atoms with E-state index >= 15 is 0 Å². The average Bonchev–Trinajstić information content (AvgIpc) is 3.34. The molecule has 0 aliphatic carbocycles. The van der Waals surface area contributed by atoms with Crippen LogP contribution in [0, 0.1) is 6.92 Å². The molecule has 0 saturated carbocycles. The number of hydrogen-bond acceptors (Lipinski definition) is 5. The minimum atomic E-state index is -0.771. The Balaban J connectivity index is 1.57. The molecule has 8 heteroatoms. The summed E-state index contributed by atoms with van der Waals surface area (Å²) in [6.07, 6.45) is 0. The molecule has 0 saturated heterocycles. The predicted octanol–water partition coefficient (Wildman–Crippen LogP) is 4.26. The number of anilines is 1. The van der Waals surface area contributed by atoms with Gasteiger partial charge in [0.05, 0.1) is 16.3 Å². The van der Waals surface area contributed by atoms with Crippen molar-refractivity contribution in [3.8, 4) is 0 Å². The van der Waals surface area contributed by atoms with Crippen LogP contribution in [0.2, 0.25) is 5.02 Å². The second-order valence-corrected chi connectivity index (χ2v) is 8.14. The van der Waals surface area contributed by atoms with Crippen molar-refractivity contribution in [2.45, 2.75) is 13.5 Å². The maximum absolute atomic E-state index is 12.3. The van der Waals surface area contributed by atoms with Crippen LogP contribution in [0.5, 0.6) is 0 Å². The Morgan fingerprint density at radius 1 is 1.00 bits per heavy atom. The van der Waals surface area contributed by atoms with Gasteiger partial charge in [-0.25, -0.2) is 0 Å². The lowest BCUT2D eigenvalue weighted by Gasteiger charge is -2.09. The van der Waals surface area contributed by atoms with Gasteiger partial charge in [0.15, 0.2) is 0 Å². The Morgan fingerprint density at radius 3 is 2.56 bits per heavy atom. The first-order valence-electron chi connectivity index (χ1n) is 7.97. The van der Waals surface area contributed by atoms with Crippen LogP contribution in [0.1, 0.15) is 25.0 Å². The molecule has 5 nitrogen and oxygen atoms in total. The van der Waals surface area contributed by atoms with Crippen LogP contribution in [0.4, 0.5) is 5.69 Å². The van der Waals surface area contributed by atoms with E-state index in [1.807, 2.05) is 11.4 Å². The quantitative estimate of drug-likeness (QED) is 0.480. The highest BCUT2D eigenvalue weighted by Gasteiger charge is 2.17. The number of nitrogens with one attached hydrogen (secondary N) is 2. The molecule has 2 heterocycles. The normalized spacial score (nSPS) is 10.4. The Labute approximate surface area is 169 Å². The largest absolute Gasteiger partial charge is 0.343 e. The number of ketones is 1. The number of benzene rings is 1. The summed E-state index contributed by atoms with van der Waals surface area (Å²) < 4.78 is 0. The predicted molar refractivity (Wildman–Crippen MR) is 109 cm³/mol. The number of carbonyl (C=O) groups excluding carboxylic acids is 3. The number of rotatable bonds is 5. The van der Waals surface area contributed by atoms with Crippen molar-refractivity contribution in [2.24, 2.45) is 0 Å². The lowest BCUT2D eigenvalue weighted by molar-refractivity contribution is -0.136. The fourth-order valence-corrected chi connectivity index (χ4v) is 4.11. The standard InChI is InChI=1S/C19H15ClN2O3S2/c1-11-13(20)4-2-5-14(11)22-19(25)18(24)21-10-12-7-8-16(27-12)17(23)15-6-3-9-26-15/h2-9H,10H2,1H3,(H,21,24)(H,22,25). The number of hydrogen-bond donors (Lipinski definition) is 2. The molecule has 1 aromatic carbocycles. The van der Waals surface area contributed by atoms with Gasteiger partial charge in [0.1, 0.15) is 0 Å². The van der Waals surface area contributed by atoms with Gasteiger partial charge < -0.3 is 10.6 Å². The highest BCUT2D eigenvalue weighted by molar-refractivity contribution is 7.16. The minimum Gasteiger partial charge on any atom is -0.343 e. The molecule has 2 N–H and O–H groups in total. The Bertz CT molecular complexity index is 996. The van der Waals surface area contributed by atoms with E-state index in [1.54, 1.807) is 43.3 Å². The third-order valence-corrected chi connectivity index (χ3v) is 6.14. The summed E-state index contributed by atoms with van der Waals surface area (Å²) in [6.45, 7) is 1.93. The van der Waals surface area contributed by atoms with E-state index in [-0.39, 0.29) is 12.3 Å². The SMILES string of the molecule is Cc1c(Cl)cccc1NC(=O)C(=O)NCc1ccc(C(=O)c2cccs2)s1. The van der Waals surface area contributed by atoms with Crippen molar-refractivity contribution < 1.29 is 14.4 Å². The van der Waals surface area contributed by atoms with Gasteiger partial charge in [-0.1, -0.05) is 23.7 Å². The summed E-state index contributed by atoms with van der Waals surface area (Å²) >= 11 is 8.69. The van der Waals surface area contributed by atoms with Crippen LogP contribution in [0.25, 0.3) is 0 Å². The zero-order valence-corrected chi connectivity index (χ0v) is 16.6. The molecular weight excluding hydrogens is 404 g/mol. The van der Waals surface area contributed by atoms with Crippen molar-refractivity contribution in [2.75, 3.05) is 5.32 Å². The van der Waals surface area contributed by atoms with E-state index < -0.39 is 11.8 Å². The first-order valence-corrected chi connectivity index (χ1v) is 10.0. The van der Waals surface area contributed by atoms with Crippen molar-refractivity contribution in [3.05, 3.63) is 73.1 Å². The lowest BCUT2D eigenvalue weighted by Crippen LogP contribution is -2.34. The topological polar surface area (TPSA) is 75.3 Å². The van der Waals surface area contributed by atoms with Crippen LogP contribution in [-0.4, -0.2) is 17.6 Å². The Kier molecular flexibility index (Phi) is 6.05. The highest BCUT2D eigenvalue weighted by Crippen LogP contribution is 2.23. The fraction of sp³-hybridized carbons (Fsp3) is 0.105. The Hall–Kier alpha value is -2.48. The summed E-state index contributed by atoms with van der Waals surface area (Å²) in [4.78, 5) is 38.4. The molecule has 0 bridgehead atoms. The van der Waals surface area contributed by atoms with E-state index in [4.69, 9.17) is 11.6 Å². The van der Waals surface area contributed by atoms with Crippen LogP contribution >= 0.6 is 34.3 Å². The molecule has 0 aliphatic heterocycles. The summed E-state index contributed by atoms with van der Waals surface area (Å²) in [5.74, 6) is -1.57. The summed E-state index contributed by atoms with van der Waals surface area (Å²) in [5, 5.41) is 7.46. The van der Waals surface area contributed by atoms with E-state index in [0.29, 0.717) is 26.0 Å². The molecule has 2 amide bonds. The smallest absolute Gasteiger partial charge is 0.313 e. The lowest BCUT2D eigenvalue weighted by atomic mass is 10.2. The van der Waals surface area contributed by atoms with Crippen molar-refractivity contribution in [1.29, 1.82) is 0 Å². The summed E-state index contributed by atoms with van der Waals surface area (Å²) in [5.41, 5.74) is 1.18. The molecule has 27 heavy (non-hydrogen) atoms. The third kappa shape index (κ3) is 4.63. The molecule has 0 atom stereocenters. The molecule has 0 unspecified atom stereocenters. The highest BCUT2D eigenvalue weighted by atomic mass is 35.5. The average molecular weight is 419 g/mol. The van der Waals surface area contributed by atoms with E-state index in [2.05, 4.69) is 10.6 Å². The first-order chi connectivity index (χ1) is 13.0. The number of thiophene rings is 2. The van der Waals surface area contributed by atoms with Crippen molar-refractivity contribution >= 4 is 57.6 Å². The molecule has 0 fully saturated rings. The van der Waals surface area contributed by atoms with Crippen molar-refractivity contribution in [1.82, 2.24) is 5.32 Å². The molecule has 138 valence electrons. The van der Waals surface area contributed by atoms with Gasteiger partial charge >= 0.3 is 11.8 Å². The van der Waals surface area contributed by atoms with Gasteiger partial charge in [-0.05, 0) is 48.2 Å². The summed E-state index contributed by atoms with van der Waals surface area (Å²) in [6, 6.07) is 12.2. The van der Waals surface area contributed by atoms with E-state index in [9.17, 15) is 14.4 Å². The number of halogens is 1. The maximum Gasteiger partial charge on any atom is 0.313 e. The molecule has 2 aromatic heterocycles. The fourth-order valence-electron chi connectivity index (χ4n) is 2.29. The van der Waals surface area contributed by atoms with Crippen LogP contribution < -0.4 is 10.6 Å². The first kappa shape index (κ1) is 19.3. The van der Waals surface area contributed by atoms with Crippen LogP contribution in [0.15, 0.2) is 47.8 Å². The number of amides is 2. The molecule has 3 aromatic rings. The zero-order chi connectivity index (χ0) is 19.4. The van der Waals surface area contributed by atoms with Crippen LogP contribution in [-0.2, 0) is 16.1 Å². The molecule has 0 aliphatic rings. The zero-order valence-electron chi connectivity index (χ0n) is 14.2. The van der Waals surface area contributed by atoms with Gasteiger partial charge in [0, 0.05) is 15.6 Å². The van der Waals surface area contributed by atoms with Crippen molar-refractivity contribution in [3.63, 3.8) is 0 Å². The third-order valence-electron chi connectivity index (χ3n) is 3.78. The van der Waals surface area contributed by atoms with Gasteiger partial charge in [-0.2, -0.15) is 0 Å². The van der Waals surface area contributed by atoms with Crippen LogP contribution in [0.3, 0.4) is 0 Å². The van der Waals surface area contributed by atoms with Gasteiger partial charge in [0.2, 0.25) is 5.78 Å². The second-order valence-electron chi connectivity index (χ2n) is 5.62. The second kappa shape index (κ2) is 8.47. The van der Waals surface area contributed by atoms with E-state index in [1.165, 1.54) is 22.7 Å². The molecule has 0 radical (unpaired) electrons. The van der Waals surface area contributed by atoms with Gasteiger partial charge in [-0.3, -0.25) is 14.4 Å². The van der Waals surface area contributed by atoms with E-state index in [0.717, 1.165) is 4.88 Å². The molecule has 3 rings (SSSR count).